The van der Waals surface area contributed by atoms with E-state index in [1.54, 1.807) is 20.7 Å². The van der Waals surface area contributed by atoms with Gasteiger partial charge in [-0.15, -0.1) is 0 Å². The Labute approximate surface area is 206 Å². The average Bonchev–Trinajstić information content (AvgIpc) is 3.39. The lowest BCUT2D eigenvalue weighted by atomic mass is 10.0. The van der Waals surface area contributed by atoms with Crippen LogP contribution >= 0.6 is 0 Å². The number of hydrogen-bond acceptors (Lipinski definition) is 3. The van der Waals surface area contributed by atoms with Crippen molar-refractivity contribution >= 4 is 22.7 Å². The zero-order valence-electron chi connectivity index (χ0n) is 20.0. The summed E-state index contributed by atoms with van der Waals surface area (Å²) in [5, 5.41) is 4.43. The van der Waals surface area contributed by atoms with E-state index in [1.165, 1.54) is 17.7 Å². The number of fused-ring (bicyclic) bond motifs is 2. The van der Waals surface area contributed by atoms with Gasteiger partial charge in [0.2, 0.25) is 0 Å². The molecule has 9 heteroatoms. The van der Waals surface area contributed by atoms with Crippen LogP contribution in [0.1, 0.15) is 50.5 Å². The van der Waals surface area contributed by atoms with Crippen LogP contribution in [0.4, 0.5) is 8.78 Å². The van der Waals surface area contributed by atoms with Crippen molar-refractivity contribution in [3.63, 3.8) is 0 Å². The third kappa shape index (κ3) is 3.41. The van der Waals surface area contributed by atoms with E-state index >= 15 is 0 Å². The van der Waals surface area contributed by atoms with Gasteiger partial charge in [0.1, 0.15) is 5.69 Å². The van der Waals surface area contributed by atoms with E-state index in [2.05, 4.69) is 34.3 Å². The van der Waals surface area contributed by atoms with Crippen molar-refractivity contribution in [1.29, 1.82) is 0 Å². The van der Waals surface area contributed by atoms with E-state index in [4.69, 9.17) is 0 Å². The molecule has 36 heavy (non-hydrogen) atoms. The molecule has 2 amide bonds. The SMILES string of the molecule is Cc1ccc(C2(N(C)C(=O)c3cnn4c3CN(C(=O)c3cc5c(F)c(F)ccc5[nH]3)CC4)CC2)cc1. The van der Waals surface area contributed by atoms with Crippen molar-refractivity contribution in [3.8, 4) is 0 Å². The van der Waals surface area contributed by atoms with Crippen molar-refractivity contribution in [2.75, 3.05) is 13.6 Å². The normalized spacial score (nSPS) is 16.2. The number of amides is 2. The Kier molecular flexibility index (Phi) is 5.00. The van der Waals surface area contributed by atoms with Crippen LogP contribution in [-0.2, 0) is 18.6 Å². The molecule has 4 aromatic rings. The fourth-order valence-corrected chi connectivity index (χ4v) is 5.20. The molecular weight excluding hydrogens is 464 g/mol. The number of halogens is 2. The van der Waals surface area contributed by atoms with Crippen molar-refractivity contribution in [1.82, 2.24) is 24.6 Å². The lowest BCUT2D eigenvalue weighted by molar-refractivity contribution is 0.0670. The lowest BCUT2D eigenvalue weighted by Gasteiger charge is -2.31. The lowest BCUT2D eigenvalue weighted by Crippen LogP contribution is -2.41. The molecule has 1 fully saturated rings. The van der Waals surface area contributed by atoms with Crippen LogP contribution < -0.4 is 0 Å². The number of aryl methyl sites for hydroxylation is 1. The monoisotopic (exact) mass is 489 g/mol. The Morgan fingerprint density at radius 2 is 1.83 bits per heavy atom. The highest BCUT2D eigenvalue weighted by Gasteiger charge is 2.50. The summed E-state index contributed by atoms with van der Waals surface area (Å²) in [6.07, 6.45) is 3.36. The highest BCUT2D eigenvalue weighted by Crippen LogP contribution is 2.51. The third-order valence-electron chi connectivity index (χ3n) is 7.57. The highest BCUT2D eigenvalue weighted by molar-refractivity contribution is 5.99. The maximum absolute atomic E-state index is 14.2. The zero-order valence-corrected chi connectivity index (χ0v) is 20.0. The van der Waals surface area contributed by atoms with Gasteiger partial charge in [-0.05, 0) is 43.5 Å². The standard InChI is InChI=1S/C27H25F2N5O2/c1-16-3-5-17(6-4-16)27(9-10-27)32(2)25(35)19-14-30-34-12-11-33(15-23(19)34)26(36)22-13-18-21(31-22)8-7-20(28)24(18)29/h3-8,13-14,31H,9-12,15H2,1-2H3. The summed E-state index contributed by atoms with van der Waals surface area (Å²) in [6, 6.07) is 12.0. The average molecular weight is 490 g/mol. The summed E-state index contributed by atoms with van der Waals surface area (Å²) in [7, 11) is 1.82. The molecule has 184 valence electrons. The maximum atomic E-state index is 14.2. The molecule has 1 aliphatic heterocycles. The summed E-state index contributed by atoms with van der Waals surface area (Å²) in [4.78, 5) is 33.2. The Morgan fingerprint density at radius 3 is 2.56 bits per heavy atom. The molecule has 1 saturated carbocycles. The molecule has 0 saturated heterocycles. The van der Waals surface area contributed by atoms with Gasteiger partial charge in [0, 0.05) is 24.5 Å². The van der Waals surface area contributed by atoms with Crippen LogP contribution in [-0.4, -0.2) is 50.0 Å². The molecule has 7 nitrogen and oxygen atoms in total. The van der Waals surface area contributed by atoms with Crippen molar-refractivity contribution in [3.05, 3.63) is 88.4 Å². The van der Waals surface area contributed by atoms with Gasteiger partial charge in [-0.2, -0.15) is 5.10 Å². The van der Waals surface area contributed by atoms with Crippen LogP contribution in [0.25, 0.3) is 10.9 Å². The summed E-state index contributed by atoms with van der Waals surface area (Å²) < 4.78 is 29.5. The van der Waals surface area contributed by atoms with E-state index in [9.17, 15) is 18.4 Å². The molecule has 2 aromatic carbocycles. The quantitative estimate of drug-likeness (QED) is 0.463. The first-order chi connectivity index (χ1) is 17.3. The molecule has 0 spiro atoms. The number of carbonyl (C=O) groups is 2. The molecule has 2 aliphatic rings. The first-order valence-electron chi connectivity index (χ1n) is 11.9. The van der Waals surface area contributed by atoms with E-state index in [1.807, 2.05) is 14.0 Å². The molecule has 1 aliphatic carbocycles. The Bertz CT molecular complexity index is 1520. The van der Waals surface area contributed by atoms with Crippen LogP contribution in [0.5, 0.6) is 0 Å². The van der Waals surface area contributed by atoms with Gasteiger partial charge < -0.3 is 14.8 Å². The minimum atomic E-state index is -0.988. The largest absolute Gasteiger partial charge is 0.350 e. The number of rotatable bonds is 4. The Morgan fingerprint density at radius 1 is 1.08 bits per heavy atom. The molecule has 0 unspecified atom stereocenters. The second-order valence-corrected chi connectivity index (χ2v) is 9.72. The number of aromatic nitrogens is 3. The number of nitrogens with zero attached hydrogens (tertiary/aromatic N) is 4. The minimum absolute atomic E-state index is 0.0312. The van der Waals surface area contributed by atoms with Gasteiger partial charge in [-0.3, -0.25) is 14.3 Å². The minimum Gasteiger partial charge on any atom is -0.350 e. The first-order valence-corrected chi connectivity index (χ1v) is 11.9. The van der Waals surface area contributed by atoms with Crippen molar-refractivity contribution < 1.29 is 18.4 Å². The zero-order chi connectivity index (χ0) is 25.2. The molecule has 0 bridgehead atoms. The number of aromatic amines is 1. The summed E-state index contributed by atoms with van der Waals surface area (Å²) >= 11 is 0. The first kappa shape index (κ1) is 22.5. The fraction of sp³-hybridized carbons (Fsp3) is 0.296. The summed E-state index contributed by atoms with van der Waals surface area (Å²) in [5.41, 5.74) is 3.61. The summed E-state index contributed by atoms with van der Waals surface area (Å²) in [6.45, 7) is 3.05. The predicted octanol–water partition coefficient (Wildman–Crippen LogP) is 4.37. The Hall–Kier alpha value is -4.01. The number of H-pyrrole nitrogens is 1. The third-order valence-corrected chi connectivity index (χ3v) is 7.57. The van der Waals surface area contributed by atoms with Crippen LogP contribution in [0.3, 0.4) is 0 Å². The van der Waals surface area contributed by atoms with Gasteiger partial charge in [-0.25, -0.2) is 8.78 Å². The van der Waals surface area contributed by atoms with Gasteiger partial charge in [0.05, 0.1) is 36.1 Å². The van der Waals surface area contributed by atoms with Gasteiger partial charge >= 0.3 is 0 Å². The molecule has 6 rings (SSSR count). The Balaban J connectivity index is 1.26. The number of benzene rings is 2. The van der Waals surface area contributed by atoms with Crippen LogP contribution in [0, 0.1) is 18.6 Å². The molecule has 0 radical (unpaired) electrons. The molecule has 2 aromatic heterocycles. The molecule has 0 atom stereocenters. The molecule has 3 heterocycles. The molecule has 1 N–H and O–H groups in total. The summed E-state index contributed by atoms with van der Waals surface area (Å²) in [5.74, 6) is -2.43. The number of nitrogens with one attached hydrogen (secondary N) is 1. The van der Waals surface area contributed by atoms with Crippen LogP contribution in [0.2, 0.25) is 0 Å². The van der Waals surface area contributed by atoms with E-state index in [0.717, 1.165) is 24.5 Å². The van der Waals surface area contributed by atoms with Gasteiger partial charge in [0.15, 0.2) is 11.6 Å². The second-order valence-electron chi connectivity index (χ2n) is 9.72. The van der Waals surface area contributed by atoms with Gasteiger partial charge in [-0.1, -0.05) is 29.8 Å². The topological polar surface area (TPSA) is 74.2 Å². The van der Waals surface area contributed by atoms with Gasteiger partial charge in [0.25, 0.3) is 11.8 Å². The maximum Gasteiger partial charge on any atom is 0.270 e. The number of carbonyl (C=O) groups excluding carboxylic acids is 2. The van der Waals surface area contributed by atoms with E-state index < -0.39 is 11.6 Å². The van der Waals surface area contributed by atoms with Crippen LogP contribution in [0.15, 0.2) is 48.7 Å². The fourth-order valence-electron chi connectivity index (χ4n) is 5.20. The number of hydrogen-bond donors (Lipinski definition) is 1. The second kappa shape index (κ2) is 8.01. The molecular formula is C27H25F2N5O2. The van der Waals surface area contributed by atoms with E-state index in [0.29, 0.717) is 29.9 Å². The predicted molar refractivity (Wildman–Crippen MR) is 129 cm³/mol. The smallest absolute Gasteiger partial charge is 0.270 e. The van der Waals surface area contributed by atoms with E-state index in [-0.39, 0.29) is 35.0 Å². The highest BCUT2D eigenvalue weighted by atomic mass is 19.2. The van der Waals surface area contributed by atoms with Crippen molar-refractivity contribution in [2.45, 2.75) is 38.4 Å². The van der Waals surface area contributed by atoms with Crippen molar-refractivity contribution in [2.24, 2.45) is 0 Å².